The van der Waals surface area contributed by atoms with E-state index in [9.17, 15) is 23.2 Å². The number of benzene rings is 2. The summed E-state index contributed by atoms with van der Waals surface area (Å²) in [5.74, 6) is -0.622. The van der Waals surface area contributed by atoms with Crippen molar-refractivity contribution in [1.82, 2.24) is 16.0 Å². The summed E-state index contributed by atoms with van der Waals surface area (Å²) in [6.45, 7) is 5.40. The quantitative estimate of drug-likeness (QED) is 0.350. The lowest BCUT2D eigenvalue weighted by molar-refractivity contribution is -0.161. The van der Waals surface area contributed by atoms with Crippen LogP contribution in [0.4, 0.5) is 13.2 Å². The molecule has 3 N–H and O–H groups in total. The SMILES string of the molecule is CC(C)C[C@H](N[C@@H](c1ccc2c(c1)oc1ccc(C3=CCNCC3)cc12)C(F)(F)F)C(=O)NC1(C#N)CC1. The van der Waals surface area contributed by atoms with E-state index in [1.54, 1.807) is 6.07 Å². The normalized spacial score (nSPS) is 18.7. The first-order valence-corrected chi connectivity index (χ1v) is 13.0. The number of halogens is 3. The molecule has 1 amide bonds. The molecule has 2 heterocycles. The maximum absolute atomic E-state index is 14.4. The molecule has 0 spiro atoms. The molecule has 1 aliphatic carbocycles. The van der Waals surface area contributed by atoms with E-state index in [0.29, 0.717) is 24.0 Å². The zero-order chi connectivity index (χ0) is 27.1. The molecule has 200 valence electrons. The van der Waals surface area contributed by atoms with Gasteiger partial charge in [0.15, 0.2) is 0 Å². The molecule has 0 unspecified atom stereocenters. The van der Waals surface area contributed by atoms with E-state index in [1.807, 2.05) is 32.0 Å². The minimum absolute atomic E-state index is 0.0340. The highest BCUT2D eigenvalue weighted by Crippen LogP contribution is 2.38. The standard InChI is InChI=1S/C29H31F3N4O2/c1-17(2)13-23(27(37)36-28(16-33)9-10-28)35-26(29(30,31)32)20-3-5-21-22-14-19(18-7-11-34-12-8-18)4-6-24(22)38-25(21)15-20/h3-7,14-15,17,23,26,34-35H,8-13H2,1-2H3,(H,36,37)/t23-,26-/m0/s1. The number of carbonyl (C=O) groups is 1. The van der Waals surface area contributed by atoms with Gasteiger partial charge in [-0.05, 0) is 73.0 Å². The van der Waals surface area contributed by atoms with Crippen LogP contribution in [0.3, 0.4) is 0 Å². The van der Waals surface area contributed by atoms with Gasteiger partial charge < -0.3 is 15.1 Å². The number of nitriles is 1. The minimum Gasteiger partial charge on any atom is -0.456 e. The van der Waals surface area contributed by atoms with E-state index in [1.165, 1.54) is 17.7 Å². The summed E-state index contributed by atoms with van der Waals surface area (Å²) in [7, 11) is 0. The summed E-state index contributed by atoms with van der Waals surface area (Å²) in [4.78, 5) is 13.0. The molecule has 0 radical (unpaired) electrons. The largest absolute Gasteiger partial charge is 0.456 e. The summed E-state index contributed by atoms with van der Waals surface area (Å²) in [6, 6.07) is 9.25. The van der Waals surface area contributed by atoms with Crippen LogP contribution in [-0.2, 0) is 4.79 Å². The number of nitrogens with one attached hydrogen (secondary N) is 3. The van der Waals surface area contributed by atoms with Crippen LogP contribution >= 0.6 is 0 Å². The highest BCUT2D eigenvalue weighted by Gasteiger charge is 2.47. The van der Waals surface area contributed by atoms with Crippen molar-refractivity contribution < 1.29 is 22.4 Å². The highest BCUT2D eigenvalue weighted by molar-refractivity contribution is 6.06. The number of rotatable bonds is 8. The van der Waals surface area contributed by atoms with Crippen LogP contribution in [0.25, 0.3) is 27.5 Å². The number of carbonyl (C=O) groups excluding carboxylic acids is 1. The first-order chi connectivity index (χ1) is 18.1. The Labute approximate surface area is 219 Å². The molecule has 2 aromatic carbocycles. The predicted molar refractivity (Wildman–Crippen MR) is 140 cm³/mol. The summed E-state index contributed by atoms with van der Waals surface area (Å²) in [6.07, 6.45) is -0.395. The van der Waals surface area contributed by atoms with E-state index in [4.69, 9.17) is 4.42 Å². The second-order valence-electron chi connectivity index (χ2n) is 10.8. The fourth-order valence-electron chi connectivity index (χ4n) is 5.07. The van der Waals surface area contributed by atoms with Crippen molar-refractivity contribution >= 4 is 33.4 Å². The Morgan fingerprint density at radius 1 is 1.16 bits per heavy atom. The van der Waals surface area contributed by atoms with Crippen molar-refractivity contribution in [1.29, 1.82) is 5.26 Å². The third kappa shape index (κ3) is 5.42. The number of hydrogen-bond acceptors (Lipinski definition) is 5. The Balaban J connectivity index is 1.47. The third-order valence-corrected chi connectivity index (χ3v) is 7.31. The van der Waals surface area contributed by atoms with Gasteiger partial charge in [-0.1, -0.05) is 38.1 Å². The molecule has 2 atom stereocenters. The lowest BCUT2D eigenvalue weighted by Gasteiger charge is -2.29. The molecule has 5 rings (SSSR count). The van der Waals surface area contributed by atoms with Crippen LogP contribution in [0, 0.1) is 17.2 Å². The molecule has 9 heteroatoms. The lowest BCUT2D eigenvalue weighted by Crippen LogP contribution is -2.52. The van der Waals surface area contributed by atoms with Crippen LogP contribution in [0.1, 0.15) is 56.7 Å². The smallest absolute Gasteiger partial charge is 0.407 e. The molecular weight excluding hydrogens is 493 g/mol. The first-order valence-electron chi connectivity index (χ1n) is 13.0. The highest BCUT2D eigenvalue weighted by atomic mass is 19.4. The Bertz CT molecular complexity index is 1430. The Hall–Kier alpha value is -3.35. The van der Waals surface area contributed by atoms with Crippen LogP contribution in [0.2, 0.25) is 0 Å². The summed E-state index contributed by atoms with van der Waals surface area (Å²) in [5.41, 5.74) is 2.28. The van der Waals surface area contributed by atoms with Gasteiger partial charge in [0.1, 0.15) is 22.7 Å². The van der Waals surface area contributed by atoms with Gasteiger partial charge in [0.25, 0.3) is 0 Å². The number of nitrogens with zero attached hydrogens (tertiary/aromatic N) is 1. The minimum atomic E-state index is -4.66. The molecule has 0 bridgehead atoms. The van der Waals surface area contributed by atoms with Crippen LogP contribution < -0.4 is 16.0 Å². The van der Waals surface area contributed by atoms with Crippen molar-refractivity contribution in [2.75, 3.05) is 13.1 Å². The van der Waals surface area contributed by atoms with Gasteiger partial charge in [-0.15, -0.1) is 0 Å². The average molecular weight is 525 g/mol. The van der Waals surface area contributed by atoms with E-state index in [-0.39, 0.29) is 17.9 Å². The topological polar surface area (TPSA) is 90.1 Å². The molecule has 6 nitrogen and oxygen atoms in total. The van der Waals surface area contributed by atoms with E-state index in [0.717, 1.165) is 35.8 Å². The molecule has 1 saturated carbocycles. The second-order valence-corrected chi connectivity index (χ2v) is 10.8. The molecule has 38 heavy (non-hydrogen) atoms. The summed E-state index contributed by atoms with van der Waals surface area (Å²) < 4.78 is 49.0. The Morgan fingerprint density at radius 3 is 2.58 bits per heavy atom. The number of fused-ring (bicyclic) bond motifs is 3. The van der Waals surface area contributed by atoms with Gasteiger partial charge in [-0.3, -0.25) is 10.1 Å². The maximum Gasteiger partial charge on any atom is 0.407 e. The Morgan fingerprint density at radius 2 is 1.95 bits per heavy atom. The van der Waals surface area contributed by atoms with E-state index >= 15 is 0 Å². The maximum atomic E-state index is 14.4. The van der Waals surface area contributed by atoms with E-state index in [2.05, 4.69) is 28.1 Å². The number of hydrogen-bond donors (Lipinski definition) is 3. The van der Waals surface area contributed by atoms with Crippen LogP contribution in [-0.4, -0.2) is 36.8 Å². The zero-order valence-corrected chi connectivity index (χ0v) is 21.4. The third-order valence-electron chi connectivity index (χ3n) is 7.31. The zero-order valence-electron chi connectivity index (χ0n) is 21.4. The van der Waals surface area contributed by atoms with Crippen molar-refractivity contribution in [2.24, 2.45) is 5.92 Å². The fraction of sp³-hybridized carbons (Fsp3) is 0.448. The van der Waals surface area contributed by atoms with Crippen LogP contribution in [0.5, 0.6) is 0 Å². The number of alkyl halides is 3. The van der Waals surface area contributed by atoms with Gasteiger partial charge in [0.05, 0.1) is 12.1 Å². The Kier molecular flexibility index (Phi) is 6.97. The fourth-order valence-corrected chi connectivity index (χ4v) is 5.07. The average Bonchev–Trinajstić information content (AvgIpc) is 3.56. The summed E-state index contributed by atoms with van der Waals surface area (Å²) >= 11 is 0. The molecule has 0 saturated heterocycles. The van der Waals surface area contributed by atoms with Gasteiger partial charge in [-0.25, -0.2) is 0 Å². The lowest BCUT2D eigenvalue weighted by atomic mass is 9.97. The van der Waals surface area contributed by atoms with Gasteiger partial charge in [0, 0.05) is 17.3 Å². The molecule has 1 fully saturated rings. The monoisotopic (exact) mass is 524 g/mol. The van der Waals surface area contributed by atoms with E-state index < -0.39 is 29.7 Å². The molecule has 3 aromatic rings. The molecular formula is C29H31F3N4O2. The predicted octanol–water partition coefficient (Wildman–Crippen LogP) is 5.74. The summed E-state index contributed by atoms with van der Waals surface area (Å²) in [5, 5.41) is 19.4. The molecule has 2 aliphatic rings. The van der Waals surface area contributed by atoms with Gasteiger partial charge in [0.2, 0.25) is 5.91 Å². The number of amides is 1. The van der Waals surface area contributed by atoms with Crippen molar-refractivity contribution in [2.45, 2.75) is 63.3 Å². The van der Waals surface area contributed by atoms with Crippen molar-refractivity contribution in [3.05, 3.63) is 53.6 Å². The number of furan rings is 1. The van der Waals surface area contributed by atoms with Crippen LogP contribution in [0.15, 0.2) is 46.9 Å². The van der Waals surface area contributed by atoms with Gasteiger partial charge >= 0.3 is 6.18 Å². The molecule has 1 aromatic heterocycles. The molecule has 1 aliphatic heterocycles. The first kappa shape index (κ1) is 26.3. The van der Waals surface area contributed by atoms with Crippen molar-refractivity contribution in [3.8, 4) is 6.07 Å². The second kappa shape index (κ2) is 10.1. The van der Waals surface area contributed by atoms with Crippen molar-refractivity contribution in [3.63, 3.8) is 0 Å². The van der Waals surface area contributed by atoms with Gasteiger partial charge in [-0.2, -0.15) is 18.4 Å².